The Bertz CT molecular complexity index is 638. The molecule has 1 N–H and O–H groups in total. The number of unbranched alkanes of at least 4 members (excludes halogenated alkanes) is 15. The van der Waals surface area contributed by atoms with E-state index in [1.165, 1.54) is 115 Å². The zero-order valence-electron chi connectivity index (χ0n) is 25.2. The molecule has 1 nitrogen and oxygen atoms in total. The molecule has 0 aliphatic carbocycles. The Hall–Kier alpha value is -0.980. The summed E-state index contributed by atoms with van der Waals surface area (Å²) in [6.45, 7) is 17.9. The zero-order chi connectivity index (χ0) is 26.3. The van der Waals surface area contributed by atoms with Crippen molar-refractivity contribution in [2.45, 2.75) is 181 Å². The van der Waals surface area contributed by atoms with Crippen LogP contribution in [0.4, 0.5) is 0 Å². The summed E-state index contributed by atoms with van der Waals surface area (Å²) in [6, 6.07) is 4.56. The molecule has 0 saturated carbocycles. The molecular formula is C34H62O. The summed E-state index contributed by atoms with van der Waals surface area (Å²) in [6.07, 6.45) is 24.0. The molecule has 0 fully saturated rings. The van der Waals surface area contributed by atoms with E-state index in [0.29, 0.717) is 11.7 Å². The topological polar surface area (TPSA) is 20.2 Å². The van der Waals surface area contributed by atoms with Gasteiger partial charge in [-0.15, -0.1) is 0 Å². The quantitative estimate of drug-likeness (QED) is 0.204. The zero-order valence-corrected chi connectivity index (χ0v) is 25.2. The van der Waals surface area contributed by atoms with Crippen LogP contribution in [-0.4, -0.2) is 5.11 Å². The Morgan fingerprint density at radius 3 is 1.20 bits per heavy atom. The van der Waals surface area contributed by atoms with Crippen LogP contribution in [-0.2, 0) is 10.8 Å². The van der Waals surface area contributed by atoms with E-state index < -0.39 is 0 Å². The largest absolute Gasteiger partial charge is 0.507 e. The molecule has 1 aromatic carbocycles. The molecule has 1 rings (SSSR count). The van der Waals surface area contributed by atoms with Gasteiger partial charge in [0.05, 0.1) is 0 Å². The van der Waals surface area contributed by atoms with Crippen molar-refractivity contribution in [1.29, 1.82) is 0 Å². The van der Waals surface area contributed by atoms with Crippen LogP contribution in [0.1, 0.15) is 187 Å². The van der Waals surface area contributed by atoms with Gasteiger partial charge in [0.15, 0.2) is 0 Å². The van der Waals surface area contributed by atoms with Crippen molar-refractivity contribution < 1.29 is 5.11 Å². The van der Waals surface area contributed by atoms with E-state index in [-0.39, 0.29) is 10.8 Å². The van der Waals surface area contributed by atoms with E-state index in [1.54, 1.807) is 0 Å². The maximum Gasteiger partial charge on any atom is 0.123 e. The highest BCUT2D eigenvalue weighted by molar-refractivity contribution is 5.50. The van der Waals surface area contributed by atoms with E-state index in [2.05, 4.69) is 67.5 Å². The van der Waals surface area contributed by atoms with Crippen LogP contribution >= 0.6 is 0 Å². The number of aromatic hydroxyl groups is 1. The van der Waals surface area contributed by atoms with Crippen molar-refractivity contribution >= 4 is 0 Å². The van der Waals surface area contributed by atoms with Crippen LogP contribution in [0.3, 0.4) is 0 Å². The van der Waals surface area contributed by atoms with Gasteiger partial charge in [-0.2, -0.15) is 0 Å². The van der Waals surface area contributed by atoms with Gasteiger partial charge in [0.2, 0.25) is 0 Å². The lowest BCUT2D eigenvalue weighted by Crippen LogP contribution is -2.18. The van der Waals surface area contributed by atoms with Gasteiger partial charge in [-0.1, -0.05) is 170 Å². The molecule has 0 aliphatic heterocycles. The summed E-state index contributed by atoms with van der Waals surface area (Å²) < 4.78 is 0. The molecule has 0 aliphatic rings. The summed E-state index contributed by atoms with van der Waals surface area (Å²) in [5.41, 5.74) is 3.50. The van der Waals surface area contributed by atoms with Crippen molar-refractivity contribution in [3.63, 3.8) is 0 Å². The minimum Gasteiger partial charge on any atom is -0.507 e. The normalized spacial score (nSPS) is 13.4. The third kappa shape index (κ3) is 13.2. The molecule has 204 valence electrons. The summed E-state index contributed by atoms with van der Waals surface area (Å²) in [4.78, 5) is 0. The first-order valence-electron chi connectivity index (χ1n) is 15.4. The summed E-state index contributed by atoms with van der Waals surface area (Å²) in [7, 11) is 0. The van der Waals surface area contributed by atoms with Crippen molar-refractivity contribution in [3.8, 4) is 5.75 Å². The third-order valence-corrected chi connectivity index (χ3v) is 7.81. The van der Waals surface area contributed by atoms with E-state index >= 15 is 0 Å². The minimum absolute atomic E-state index is 0.0476. The molecule has 1 heteroatoms. The van der Waals surface area contributed by atoms with E-state index in [0.717, 1.165) is 11.1 Å². The van der Waals surface area contributed by atoms with Crippen molar-refractivity contribution in [1.82, 2.24) is 0 Å². The highest BCUT2D eigenvalue weighted by Gasteiger charge is 2.27. The molecule has 0 bridgehead atoms. The first-order valence-corrected chi connectivity index (χ1v) is 15.4. The Balaban J connectivity index is 2.24. The number of benzene rings is 1. The number of hydrogen-bond acceptors (Lipinski definition) is 1. The Labute approximate surface area is 220 Å². The minimum atomic E-state index is -0.0476. The SMILES string of the molecule is CCCCCCCCCCCCCCCCCCC(C)c1cc(C(C)(C)C)c(O)c(C(C)(C)C)c1. The fraction of sp³-hybridized carbons (Fsp3) is 0.824. The molecule has 35 heavy (non-hydrogen) atoms. The van der Waals surface area contributed by atoms with Crippen LogP contribution < -0.4 is 0 Å². The molecule has 1 aromatic rings. The lowest BCUT2D eigenvalue weighted by Gasteiger charge is -2.29. The Kier molecular flexibility index (Phi) is 15.3. The second-order valence-corrected chi connectivity index (χ2v) is 13.5. The number of phenols is 1. The van der Waals surface area contributed by atoms with Gasteiger partial charge < -0.3 is 5.11 Å². The monoisotopic (exact) mass is 486 g/mol. The smallest absolute Gasteiger partial charge is 0.123 e. The molecule has 0 radical (unpaired) electrons. The molecular weight excluding hydrogens is 424 g/mol. The number of rotatable bonds is 18. The summed E-state index contributed by atoms with van der Waals surface area (Å²) in [5.74, 6) is 1.05. The number of phenolic OH excluding ortho intramolecular Hbond substituents is 1. The fourth-order valence-corrected chi connectivity index (χ4v) is 5.25. The van der Waals surface area contributed by atoms with Gasteiger partial charge in [0.1, 0.15) is 5.75 Å². The molecule has 0 saturated heterocycles. The van der Waals surface area contributed by atoms with Gasteiger partial charge in [-0.05, 0) is 39.9 Å². The average molecular weight is 487 g/mol. The molecule has 1 unspecified atom stereocenters. The van der Waals surface area contributed by atoms with Crippen LogP contribution in [0, 0.1) is 0 Å². The molecule has 0 amide bonds. The predicted octanol–water partition coefficient (Wildman–Crippen LogP) is 11.7. The summed E-state index contributed by atoms with van der Waals surface area (Å²) >= 11 is 0. The van der Waals surface area contributed by atoms with Crippen LogP contribution in [0.5, 0.6) is 5.75 Å². The van der Waals surface area contributed by atoms with Crippen LogP contribution in [0.25, 0.3) is 0 Å². The maximum atomic E-state index is 11.0. The third-order valence-electron chi connectivity index (χ3n) is 7.81. The highest BCUT2D eigenvalue weighted by atomic mass is 16.3. The van der Waals surface area contributed by atoms with Crippen molar-refractivity contribution in [3.05, 3.63) is 28.8 Å². The van der Waals surface area contributed by atoms with E-state index in [1.807, 2.05) is 0 Å². The highest BCUT2D eigenvalue weighted by Crippen LogP contribution is 2.41. The predicted molar refractivity (Wildman–Crippen MR) is 158 cm³/mol. The van der Waals surface area contributed by atoms with Crippen molar-refractivity contribution in [2.75, 3.05) is 0 Å². The van der Waals surface area contributed by atoms with Gasteiger partial charge >= 0.3 is 0 Å². The molecule has 0 heterocycles. The van der Waals surface area contributed by atoms with Gasteiger partial charge in [0, 0.05) is 0 Å². The lowest BCUT2D eigenvalue weighted by molar-refractivity contribution is 0.422. The molecule has 0 spiro atoms. The maximum absolute atomic E-state index is 11.0. The fourth-order valence-electron chi connectivity index (χ4n) is 5.25. The van der Waals surface area contributed by atoms with Gasteiger partial charge in [-0.3, -0.25) is 0 Å². The molecule has 0 aromatic heterocycles. The van der Waals surface area contributed by atoms with E-state index in [9.17, 15) is 5.11 Å². The second-order valence-electron chi connectivity index (χ2n) is 13.5. The van der Waals surface area contributed by atoms with Crippen LogP contribution in [0.2, 0.25) is 0 Å². The van der Waals surface area contributed by atoms with Crippen LogP contribution in [0.15, 0.2) is 12.1 Å². The summed E-state index contributed by atoms with van der Waals surface area (Å²) in [5, 5.41) is 11.0. The lowest BCUT2D eigenvalue weighted by atomic mass is 9.77. The van der Waals surface area contributed by atoms with Crippen molar-refractivity contribution in [2.24, 2.45) is 0 Å². The number of hydrogen-bond donors (Lipinski definition) is 1. The average Bonchev–Trinajstić information content (AvgIpc) is 2.77. The van der Waals surface area contributed by atoms with Gasteiger partial charge in [-0.25, -0.2) is 0 Å². The second kappa shape index (κ2) is 16.7. The Morgan fingerprint density at radius 2 is 0.886 bits per heavy atom. The first-order chi connectivity index (χ1) is 16.5. The first kappa shape index (κ1) is 32.0. The Morgan fingerprint density at radius 1 is 0.571 bits per heavy atom. The van der Waals surface area contributed by atoms with Gasteiger partial charge in [0.25, 0.3) is 0 Å². The van der Waals surface area contributed by atoms with E-state index in [4.69, 9.17) is 0 Å². The standard InChI is InChI=1S/C34H62O/c1-9-10-11-12-13-14-15-16-17-18-19-20-21-22-23-24-25-28(2)29-26-30(33(3,4)5)32(35)31(27-29)34(6,7)8/h26-28,35H,9-25H2,1-8H3. The molecule has 1 atom stereocenters.